The second-order valence-corrected chi connectivity index (χ2v) is 3.85. The van der Waals surface area contributed by atoms with E-state index in [1.807, 2.05) is 0 Å². The number of alkyl halides is 10. The summed E-state index contributed by atoms with van der Waals surface area (Å²) in [7, 11) is 0. The smallest absolute Gasteiger partial charge is 0.196 e. The maximum atomic E-state index is 13.1. The van der Waals surface area contributed by atoms with Gasteiger partial charge in [-0.25, -0.2) is 0 Å². The lowest BCUT2D eigenvalue weighted by atomic mass is 9.64. The Morgan fingerprint density at radius 3 is 0.850 bits per heavy atom. The molecular formula is C8F10N2. The first-order valence-electron chi connectivity index (χ1n) is 4.34. The van der Waals surface area contributed by atoms with E-state index in [1.54, 1.807) is 0 Å². The number of nitrogens with zero attached hydrogens (tertiary/aromatic N) is 2. The Hall–Kier alpha value is -1.72. The number of rotatable bonds is 0. The fourth-order valence-electron chi connectivity index (χ4n) is 1.57. The van der Waals surface area contributed by atoms with Gasteiger partial charge in [-0.1, -0.05) is 0 Å². The summed E-state index contributed by atoms with van der Waals surface area (Å²) < 4.78 is 129. The van der Waals surface area contributed by atoms with Gasteiger partial charge in [-0.15, -0.1) is 0 Å². The summed E-state index contributed by atoms with van der Waals surface area (Å²) in [5, 5.41) is 16.2. The molecule has 0 radical (unpaired) electrons. The fraction of sp³-hybridized carbons (Fsp3) is 0.750. The van der Waals surface area contributed by atoms with Gasteiger partial charge in [0, 0.05) is 0 Å². The van der Waals surface area contributed by atoms with Crippen LogP contribution in [0.4, 0.5) is 43.9 Å². The van der Waals surface area contributed by atoms with Crippen LogP contribution in [0.25, 0.3) is 0 Å². The summed E-state index contributed by atoms with van der Waals surface area (Å²) in [6.07, 6.45) is 0. The number of nitriles is 2. The molecule has 0 aromatic heterocycles. The third-order valence-electron chi connectivity index (χ3n) is 2.85. The van der Waals surface area contributed by atoms with Gasteiger partial charge >= 0.3 is 29.6 Å². The van der Waals surface area contributed by atoms with Crippen molar-refractivity contribution >= 4 is 0 Å². The molecule has 0 aliphatic heterocycles. The van der Waals surface area contributed by atoms with Crippen LogP contribution in [-0.4, -0.2) is 29.6 Å². The molecule has 0 heterocycles. The number of hydrogen-bond donors (Lipinski definition) is 0. The maximum Gasteiger partial charge on any atom is 0.384 e. The third kappa shape index (κ3) is 1.12. The minimum Gasteiger partial charge on any atom is -0.196 e. The molecular weight excluding hydrogens is 314 g/mol. The standard InChI is InChI=1S/C8F10N2/c9-4(10)3(1-19,2-20)5(11,12)7(15,16)8(17,18)6(4,13)14. The molecule has 1 rings (SSSR count). The van der Waals surface area contributed by atoms with Crippen molar-refractivity contribution in [1.82, 2.24) is 0 Å². The van der Waals surface area contributed by atoms with Crippen molar-refractivity contribution in [3.63, 3.8) is 0 Å². The van der Waals surface area contributed by atoms with Crippen molar-refractivity contribution in [1.29, 1.82) is 10.5 Å². The van der Waals surface area contributed by atoms with Gasteiger partial charge in [0.1, 0.15) is 0 Å². The number of halogens is 10. The highest BCUT2D eigenvalue weighted by molar-refractivity contribution is 5.37. The van der Waals surface area contributed by atoms with Crippen LogP contribution in [0.15, 0.2) is 0 Å². The zero-order valence-corrected chi connectivity index (χ0v) is 8.67. The maximum absolute atomic E-state index is 13.1. The fourth-order valence-corrected chi connectivity index (χ4v) is 1.57. The van der Waals surface area contributed by atoms with Crippen LogP contribution in [0.1, 0.15) is 0 Å². The van der Waals surface area contributed by atoms with Crippen molar-refractivity contribution in [2.24, 2.45) is 5.41 Å². The van der Waals surface area contributed by atoms with Gasteiger partial charge in [0.2, 0.25) is 0 Å². The number of hydrogen-bond acceptors (Lipinski definition) is 2. The lowest BCUT2D eigenvalue weighted by Crippen LogP contribution is -2.81. The summed E-state index contributed by atoms with van der Waals surface area (Å²) in [6, 6.07) is -0.716. The molecule has 1 aliphatic carbocycles. The molecule has 0 saturated heterocycles. The van der Waals surface area contributed by atoms with Crippen LogP contribution in [-0.2, 0) is 0 Å². The third-order valence-corrected chi connectivity index (χ3v) is 2.85. The van der Waals surface area contributed by atoms with Gasteiger partial charge in [-0.3, -0.25) is 0 Å². The van der Waals surface area contributed by atoms with Crippen molar-refractivity contribution in [3.05, 3.63) is 0 Å². The van der Waals surface area contributed by atoms with E-state index < -0.39 is 35.0 Å². The molecule has 0 aromatic rings. The first-order valence-corrected chi connectivity index (χ1v) is 4.34. The lowest BCUT2D eigenvalue weighted by Gasteiger charge is -2.50. The molecule has 12 heteroatoms. The first kappa shape index (κ1) is 16.3. The average molecular weight is 314 g/mol. The molecule has 0 N–H and O–H groups in total. The zero-order chi connectivity index (χ0) is 16.4. The summed E-state index contributed by atoms with van der Waals surface area (Å²) in [5.74, 6) is -34.7. The second-order valence-electron chi connectivity index (χ2n) is 3.85. The quantitative estimate of drug-likeness (QED) is 0.645. The van der Waals surface area contributed by atoms with Crippen LogP contribution in [0.3, 0.4) is 0 Å². The van der Waals surface area contributed by atoms with Crippen molar-refractivity contribution in [3.8, 4) is 12.1 Å². The topological polar surface area (TPSA) is 47.6 Å². The molecule has 1 fully saturated rings. The highest BCUT2D eigenvalue weighted by Crippen LogP contribution is 2.71. The van der Waals surface area contributed by atoms with Crippen LogP contribution >= 0.6 is 0 Å². The van der Waals surface area contributed by atoms with E-state index in [0.29, 0.717) is 0 Å². The van der Waals surface area contributed by atoms with Crippen LogP contribution in [0, 0.1) is 28.1 Å². The molecule has 0 atom stereocenters. The van der Waals surface area contributed by atoms with Gasteiger partial charge in [-0.2, -0.15) is 54.4 Å². The van der Waals surface area contributed by atoms with Crippen LogP contribution in [0.2, 0.25) is 0 Å². The van der Waals surface area contributed by atoms with E-state index in [2.05, 4.69) is 0 Å². The van der Waals surface area contributed by atoms with Gasteiger partial charge < -0.3 is 0 Å². The molecule has 0 unspecified atom stereocenters. The summed E-state index contributed by atoms with van der Waals surface area (Å²) >= 11 is 0. The molecule has 112 valence electrons. The summed E-state index contributed by atoms with van der Waals surface area (Å²) in [4.78, 5) is 0. The minimum absolute atomic E-state index is 0.358. The van der Waals surface area contributed by atoms with E-state index in [9.17, 15) is 43.9 Å². The Bertz CT molecular complexity index is 476. The Labute approximate surface area is 103 Å². The monoisotopic (exact) mass is 314 g/mol. The highest BCUT2D eigenvalue weighted by atomic mass is 19.4. The molecule has 0 aromatic carbocycles. The van der Waals surface area contributed by atoms with E-state index in [4.69, 9.17) is 10.5 Å². The SMILES string of the molecule is N#CC1(C#N)C(F)(F)C(F)(F)C(F)(F)C(F)(F)C1(F)F. The Morgan fingerprint density at radius 1 is 0.450 bits per heavy atom. The normalized spacial score (nSPS) is 30.8. The summed E-state index contributed by atoms with van der Waals surface area (Å²) in [6.45, 7) is 0. The highest BCUT2D eigenvalue weighted by Gasteiger charge is 3.01. The largest absolute Gasteiger partial charge is 0.384 e. The first-order chi connectivity index (χ1) is 8.62. The average Bonchev–Trinajstić information content (AvgIpc) is 2.28. The van der Waals surface area contributed by atoms with Gasteiger partial charge in [0.25, 0.3) is 5.41 Å². The predicted molar refractivity (Wildman–Crippen MR) is 38.4 cm³/mol. The molecule has 1 aliphatic rings. The molecule has 0 amide bonds. The van der Waals surface area contributed by atoms with Crippen LogP contribution < -0.4 is 0 Å². The predicted octanol–water partition coefficient (Wildman–Crippen LogP) is 3.21. The van der Waals surface area contributed by atoms with Gasteiger partial charge in [-0.05, 0) is 0 Å². The Kier molecular flexibility index (Phi) is 2.84. The molecule has 2 nitrogen and oxygen atoms in total. The van der Waals surface area contributed by atoms with E-state index >= 15 is 0 Å². The van der Waals surface area contributed by atoms with Crippen molar-refractivity contribution in [2.75, 3.05) is 0 Å². The molecule has 20 heavy (non-hydrogen) atoms. The molecule has 0 spiro atoms. The second kappa shape index (κ2) is 3.48. The van der Waals surface area contributed by atoms with Crippen molar-refractivity contribution in [2.45, 2.75) is 29.6 Å². The van der Waals surface area contributed by atoms with Crippen molar-refractivity contribution < 1.29 is 43.9 Å². The zero-order valence-electron chi connectivity index (χ0n) is 8.67. The Morgan fingerprint density at radius 2 is 0.650 bits per heavy atom. The Balaban J connectivity index is 3.95. The van der Waals surface area contributed by atoms with E-state index in [-0.39, 0.29) is 12.1 Å². The van der Waals surface area contributed by atoms with Gasteiger partial charge in [0.05, 0.1) is 12.1 Å². The van der Waals surface area contributed by atoms with Crippen LogP contribution in [0.5, 0.6) is 0 Å². The van der Waals surface area contributed by atoms with Gasteiger partial charge in [0.15, 0.2) is 0 Å². The minimum atomic E-state index is -7.18. The summed E-state index contributed by atoms with van der Waals surface area (Å²) in [5.41, 5.74) is -5.66. The van der Waals surface area contributed by atoms with E-state index in [0.717, 1.165) is 0 Å². The molecule has 1 saturated carbocycles. The van der Waals surface area contributed by atoms with E-state index in [1.165, 1.54) is 0 Å². The lowest BCUT2D eigenvalue weighted by molar-refractivity contribution is -0.469. The molecule has 0 bridgehead atoms.